The predicted molar refractivity (Wildman–Crippen MR) is 113 cm³/mol. The summed E-state index contributed by atoms with van der Waals surface area (Å²) in [4.78, 5) is 7.51. The maximum atomic E-state index is 4.97. The fraction of sp³-hybridized carbons (Fsp3) is 0.391. The maximum Gasteiger partial charge on any atom is 0.158 e. The Bertz CT molecular complexity index is 996. The second kappa shape index (κ2) is 7.40. The van der Waals surface area contributed by atoms with E-state index in [0.717, 1.165) is 30.1 Å². The highest BCUT2D eigenvalue weighted by Crippen LogP contribution is 2.27. The summed E-state index contributed by atoms with van der Waals surface area (Å²) in [6, 6.07) is 17.4. The molecular formula is C23H27N5. The zero-order valence-electron chi connectivity index (χ0n) is 16.4. The molecule has 1 atom stereocenters. The molecule has 1 N–H and O–H groups in total. The highest BCUT2D eigenvalue weighted by Gasteiger charge is 2.26. The number of hydrogen-bond acceptors (Lipinski definition) is 4. The quantitative estimate of drug-likeness (QED) is 0.744. The molecular weight excluding hydrogens is 346 g/mol. The summed E-state index contributed by atoms with van der Waals surface area (Å²) >= 11 is 0. The first kappa shape index (κ1) is 17.4. The number of para-hydroxylation sites is 2. The number of nitrogens with one attached hydrogen (secondary N) is 1. The molecule has 144 valence electrons. The predicted octanol–water partition coefficient (Wildman–Crippen LogP) is 4.23. The second-order valence-corrected chi connectivity index (χ2v) is 8.03. The van der Waals surface area contributed by atoms with E-state index < -0.39 is 0 Å². The van der Waals surface area contributed by atoms with Crippen LogP contribution in [0.3, 0.4) is 0 Å². The molecule has 0 bridgehead atoms. The molecule has 2 aromatic carbocycles. The Morgan fingerprint density at radius 1 is 1.00 bits per heavy atom. The highest BCUT2D eigenvalue weighted by molar-refractivity contribution is 6.01. The second-order valence-electron chi connectivity index (χ2n) is 8.03. The van der Waals surface area contributed by atoms with E-state index in [-0.39, 0.29) is 6.04 Å². The van der Waals surface area contributed by atoms with Crippen LogP contribution in [0.2, 0.25) is 0 Å². The van der Waals surface area contributed by atoms with Gasteiger partial charge in [-0.3, -0.25) is 4.90 Å². The van der Waals surface area contributed by atoms with Crippen molar-refractivity contribution in [2.45, 2.75) is 45.3 Å². The van der Waals surface area contributed by atoms with Crippen LogP contribution >= 0.6 is 0 Å². The lowest BCUT2D eigenvalue weighted by Gasteiger charge is -2.27. The van der Waals surface area contributed by atoms with Gasteiger partial charge in [-0.15, -0.1) is 0 Å². The number of hydrazone groups is 1. The summed E-state index contributed by atoms with van der Waals surface area (Å²) in [5.74, 6) is 1.01. The van der Waals surface area contributed by atoms with Gasteiger partial charge in [0, 0.05) is 6.42 Å². The molecule has 0 radical (unpaired) electrons. The normalized spacial score (nSPS) is 20.3. The summed E-state index contributed by atoms with van der Waals surface area (Å²) < 4.78 is 2.36. The standard InChI is InChI=1S/C23H27N5/c1-17-9-11-18(12-10-17)20-15-21(26-25-20)23-24-19-7-3-4-8-22(19)28(23)16-27-13-5-2-6-14-27/h3-4,7-12,20,25H,2,5-6,13-16H2,1H3. The molecule has 1 saturated heterocycles. The van der Waals surface area contributed by atoms with E-state index >= 15 is 0 Å². The highest BCUT2D eigenvalue weighted by atomic mass is 15.4. The fourth-order valence-corrected chi connectivity index (χ4v) is 4.31. The first-order chi connectivity index (χ1) is 13.8. The van der Waals surface area contributed by atoms with E-state index in [2.05, 4.69) is 70.3 Å². The topological polar surface area (TPSA) is 45.5 Å². The van der Waals surface area contributed by atoms with E-state index in [1.807, 2.05) is 0 Å². The van der Waals surface area contributed by atoms with Gasteiger partial charge in [0.25, 0.3) is 0 Å². The monoisotopic (exact) mass is 373 g/mol. The number of hydrogen-bond donors (Lipinski definition) is 1. The molecule has 5 rings (SSSR count). The summed E-state index contributed by atoms with van der Waals surface area (Å²) in [6.45, 7) is 5.35. The van der Waals surface area contributed by atoms with Crippen molar-refractivity contribution in [1.82, 2.24) is 19.9 Å². The number of nitrogens with zero attached hydrogens (tertiary/aromatic N) is 4. The van der Waals surface area contributed by atoms with Crippen molar-refractivity contribution in [2.24, 2.45) is 5.10 Å². The Balaban J connectivity index is 1.45. The Morgan fingerprint density at radius 3 is 2.61 bits per heavy atom. The van der Waals surface area contributed by atoms with Crippen LogP contribution in [0.5, 0.6) is 0 Å². The molecule has 5 nitrogen and oxygen atoms in total. The van der Waals surface area contributed by atoms with E-state index in [9.17, 15) is 0 Å². The molecule has 0 amide bonds. The van der Waals surface area contributed by atoms with Crippen LogP contribution in [0.4, 0.5) is 0 Å². The van der Waals surface area contributed by atoms with Crippen molar-refractivity contribution in [3.8, 4) is 0 Å². The van der Waals surface area contributed by atoms with Crippen LogP contribution in [-0.4, -0.2) is 33.3 Å². The van der Waals surface area contributed by atoms with Crippen LogP contribution in [0.25, 0.3) is 11.0 Å². The smallest absolute Gasteiger partial charge is 0.158 e. The van der Waals surface area contributed by atoms with Gasteiger partial charge in [0.2, 0.25) is 0 Å². The molecule has 0 saturated carbocycles. The summed E-state index contributed by atoms with van der Waals surface area (Å²) in [7, 11) is 0. The Kier molecular flexibility index (Phi) is 4.61. The summed E-state index contributed by atoms with van der Waals surface area (Å²) in [5.41, 5.74) is 9.21. The fourth-order valence-electron chi connectivity index (χ4n) is 4.31. The number of benzene rings is 2. The molecule has 28 heavy (non-hydrogen) atoms. The van der Waals surface area contributed by atoms with Crippen LogP contribution in [-0.2, 0) is 6.67 Å². The lowest BCUT2D eigenvalue weighted by molar-refractivity contribution is 0.184. The largest absolute Gasteiger partial charge is 0.309 e. The third-order valence-corrected chi connectivity index (χ3v) is 5.94. The van der Waals surface area contributed by atoms with Gasteiger partial charge < -0.3 is 9.99 Å². The summed E-state index contributed by atoms with van der Waals surface area (Å²) in [5, 5.41) is 4.70. The number of piperidine rings is 1. The van der Waals surface area contributed by atoms with Crippen molar-refractivity contribution in [3.63, 3.8) is 0 Å². The van der Waals surface area contributed by atoms with Crippen molar-refractivity contribution in [2.75, 3.05) is 13.1 Å². The van der Waals surface area contributed by atoms with Gasteiger partial charge in [0.1, 0.15) is 5.71 Å². The van der Waals surface area contributed by atoms with Crippen molar-refractivity contribution in [3.05, 3.63) is 65.5 Å². The van der Waals surface area contributed by atoms with Crippen molar-refractivity contribution < 1.29 is 0 Å². The number of aromatic nitrogens is 2. The lowest BCUT2D eigenvalue weighted by atomic mass is 10.0. The molecule has 0 aliphatic carbocycles. The van der Waals surface area contributed by atoms with Crippen LogP contribution < -0.4 is 5.43 Å². The third-order valence-electron chi connectivity index (χ3n) is 5.94. The third kappa shape index (κ3) is 3.31. The van der Waals surface area contributed by atoms with Gasteiger partial charge >= 0.3 is 0 Å². The number of likely N-dealkylation sites (tertiary alicyclic amines) is 1. The molecule has 3 aromatic rings. The van der Waals surface area contributed by atoms with E-state index in [1.165, 1.54) is 49.0 Å². The average Bonchev–Trinajstić information content (AvgIpc) is 3.35. The molecule has 0 spiro atoms. The minimum absolute atomic E-state index is 0.221. The zero-order chi connectivity index (χ0) is 18.9. The first-order valence-electron chi connectivity index (χ1n) is 10.3. The van der Waals surface area contributed by atoms with Gasteiger partial charge in [0.15, 0.2) is 5.82 Å². The maximum absolute atomic E-state index is 4.97. The van der Waals surface area contributed by atoms with Gasteiger partial charge in [0.05, 0.1) is 23.7 Å². The van der Waals surface area contributed by atoms with E-state index in [1.54, 1.807) is 0 Å². The molecule has 1 fully saturated rings. The molecule has 3 heterocycles. The molecule has 2 aliphatic rings. The van der Waals surface area contributed by atoms with Crippen LogP contribution in [0, 0.1) is 6.92 Å². The number of fused-ring (bicyclic) bond motifs is 1. The minimum Gasteiger partial charge on any atom is -0.309 e. The molecule has 1 aromatic heterocycles. The molecule has 1 unspecified atom stereocenters. The SMILES string of the molecule is Cc1ccc(C2CC(c3nc4ccccc4n3CN3CCCCC3)=NN2)cc1. The minimum atomic E-state index is 0.221. The van der Waals surface area contributed by atoms with Gasteiger partial charge in [-0.1, -0.05) is 48.4 Å². The zero-order valence-corrected chi connectivity index (χ0v) is 16.4. The van der Waals surface area contributed by atoms with Crippen LogP contribution in [0.1, 0.15) is 48.7 Å². The summed E-state index contributed by atoms with van der Waals surface area (Å²) in [6.07, 6.45) is 4.80. The van der Waals surface area contributed by atoms with Gasteiger partial charge in [-0.05, 0) is 50.6 Å². The Labute approximate surface area is 166 Å². The van der Waals surface area contributed by atoms with Gasteiger partial charge in [-0.25, -0.2) is 4.98 Å². The first-order valence-corrected chi connectivity index (χ1v) is 10.3. The lowest BCUT2D eigenvalue weighted by Crippen LogP contribution is -2.32. The van der Waals surface area contributed by atoms with Crippen molar-refractivity contribution in [1.29, 1.82) is 0 Å². The van der Waals surface area contributed by atoms with E-state index in [4.69, 9.17) is 10.1 Å². The van der Waals surface area contributed by atoms with Crippen molar-refractivity contribution >= 4 is 16.7 Å². The van der Waals surface area contributed by atoms with Crippen LogP contribution in [0.15, 0.2) is 53.6 Å². The number of aryl methyl sites for hydroxylation is 1. The molecule has 5 heteroatoms. The number of imidazole rings is 1. The van der Waals surface area contributed by atoms with E-state index in [0.29, 0.717) is 0 Å². The Morgan fingerprint density at radius 2 is 1.79 bits per heavy atom. The average molecular weight is 374 g/mol. The number of rotatable bonds is 4. The molecule has 2 aliphatic heterocycles. The Hall–Kier alpha value is -2.66. The van der Waals surface area contributed by atoms with Gasteiger partial charge in [-0.2, -0.15) is 5.10 Å².